The van der Waals surface area contributed by atoms with E-state index in [0.717, 1.165) is 0 Å². The van der Waals surface area contributed by atoms with Crippen molar-refractivity contribution in [3.8, 4) is 17.1 Å². The van der Waals surface area contributed by atoms with E-state index in [2.05, 4.69) is 15.2 Å². The maximum absolute atomic E-state index is 14.5. The maximum atomic E-state index is 14.5. The lowest BCUT2D eigenvalue weighted by atomic mass is 10.2. The number of aromatic nitrogens is 4. The first-order valence-electron chi connectivity index (χ1n) is 8.21. The smallest absolute Gasteiger partial charge is 0.196 e. The number of halogens is 2. The van der Waals surface area contributed by atoms with Gasteiger partial charge in [0.25, 0.3) is 0 Å². The Kier molecular flexibility index (Phi) is 4.93. The minimum Gasteiger partial charge on any atom is -0.267 e. The summed E-state index contributed by atoms with van der Waals surface area (Å²) in [5.74, 6) is 0.153. The van der Waals surface area contributed by atoms with Crippen LogP contribution in [0.15, 0.2) is 78.2 Å². The molecule has 4 nitrogen and oxygen atoms in total. The Bertz CT molecular complexity index is 1070. The number of benzene rings is 2. The summed E-state index contributed by atoms with van der Waals surface area (Å²) in [7, 11) is 0. The molecule has 0 N–H and O–H groups in total. The zero-order valence-corrected chi connectivity index (χ0v) is 14.9. The lowest BCUT2D eigenvalue weighted by molar-refractivity contribution is 0.613. The summed E-state index contributed by atoms with van der Waals surface area (Å²) in [6.45, 7) is 0. The van der Waals surface area contributed by atoms with Crippen LogP contribution in [-0.2, 0) is 5.75 Å². The second kappa shape index (κ2) is 7.67. The molecule has 0 bridgehead atoms. The molecule has 0 saturated heterocycles. The molecular formula is C20H14F2N4S. The van der Waals surface area contributed by atoms with Gasteiger partial charge in [0.05, 0.1) is 5.69 Å². The molecule has 4 rings (SSSR count). The van der Waals surface area contributed by atoms with E-state index in [4.69, 9.17) is 0 Å². The number of hydrogen-bond donors (Lipinski definition) is 0. The number of para-hydroxylation sites is 1. The van der Waals surface area contributed by atoms with E-state index in [9.17, 15) is 8.78 Å². The molecule has 27 heavy (non-hydrogen) atoms. The van der Waals surface area contributed by atoms with E-state index in [0.29, 0.717) is 33.5 Å². The molecule has 4 aromatic rings. The normalized spacial score (nSPS) is 10.9. The minimum atomic E-state index is -0.393. The highest BCUT2D eigenvalue weighted by atomic mass is 32.2. The third kappa shape index (κ3) is 3.59. The highest BCUT2D eigenvalue weighted by Crippen LogP contribution is 2.30. The maximum Gasteiger partial charge on any atom is 0.196 e. The average Bonchev–Trinajstić information content (AvgIpc) is 3.12. The lowest BCUT2D eigenvalue weighted by Gasteiger charge is -2.11. The van der Waals surface area contributed by atoms with Gasteiger partial charge in [-0.15, -0.1) is 10.2 Å². The number of pyridine rings is 1. The Morgan fingerprint density at radius 2 is 1.63 bits per heavy atom. The number of nitrogens with zero attached hydrogens (tertiary/aromatic N) is 4. The van der Waals surface area contributed by atoms with Gasteiger partial charge in [-0.3, -0.25) is 9.55 Å². The summed E-state index contributed by atoms with van der Waals surface area (Å²) in [6, 6.07) is 16.6. The Balaban J connectivity index is 1.77. The van der Waals surface area contributed by atoms with Crippen molar-refractivity contribution in [2.24, 2.45) is 0 Å². The second-order valence-electron chi connectivity index (χ2n) is 5.71. The van der Waals surface area contributed by atoms with Gasteiger partial charge in [-0.05, 0) is 35.9 Å². The molecule has 2 aromatic heterocycles. The van der Waals surface area contributed by atoms with Crippen LogP contribution in [0, 0.1) is 11.6 Å². The van der Waals surface area contributed by atoms with Gasteiger partial charge in [-0.2, -0.15) is 0 Å². The molecule has 134 valence electrons. The van der Waals surface area contributed by atoms with Crippen LogP contribution in [-0.4, -0.2) is 19.7 Å². The molecule has 0 amide bonds. The van der Waals surface area contributed by atoms with Crippen LogP contribution >= 0.6 is 11.8 Å². The number of thioether (sulfide) groups is 1. The monoisotopic (exact) mass is 380 g/mol. The lowest BCUT2D eigenvalue weighted by Crippen LogP contribution is -2.02. The summed E-state index contributed by atoms with van der Waals surface area (Å²) < 4.78 is 30.1. The van der Waals surface area contributed by atoms with Crippen LogP contribution < -0.4 is 0 Å². The van der Waals surface area contributed by atoms with Gasteiger partial charge in [0.1, 0.15) is 11.6 Å². The molecule has 2 aromatic carbocycles. The van der Waals surface area contributed by atoms with Crippen molar-refractivity contribution >= 4 is 11.8 Å². The fraction of sp³-hybridized carbons (Fsp3) is 0.0500. The molecule has 0 aliphatic heterocycles. The van der Waals surface area contributed by atoms with Gasteiger partial charge >= 0.3 is 0 Å². The molecule has 0 atom stereocenters. The van der Waals surface area contributed by atoms with E-state index in [1.807, 2.05) is 6.07 Å². The Morgan fingerprint density at radius 3 is 2.37 bits per heavy atom. The second-order valence-corrected chi connectivity index (χ2v) is 6.66. The molecule has 0 unspecified atom stereocenters. The standard InChI is InChI=1S/C20H14F2N4S/c21-16-8-2-1-6-15(16)13-27-20-25-24-19(14-7-5-11-23-12-14)26(20)18-10-4-3-9-17(18)22/h1-12H,13H2. The van der Waals surface area contributed by atoms with Crippen LogP contribution in [0.2, 0.25) is 0 Å². The summed E-state index contributed by atoms with van der Waals surface area (Å²) in [6.07, 6.45) is 3.30. The van der Waals surface area contributed by atoms with Crippen LogP contribution in [0.1, 0.15) is 5.56 Å². The molecular weight excluding hydrogens is 366 g/mol. The molecule has 0 aliphatic rings. The zero-order valence-electron chi connectivity index (χ0n) is 14.1. The Morgan fingerprint density at radius 1 is 0.852 bits per heavy atom. The first kappa shape index (κ1) is 17.4. The number of hydrogen-bond acceptors (Lipinski definition) is 4. The summed E-state index contributed by atoms with van der Waals surface area (Å²) >= 11 is 1.30. The van der Waals surface area contributed by atoms with E-state index in [1.165, 1.54) is 23.9 Å². The summed E-state index contributed by atoms with van der Waals surface area (Å²) in [5.41, 5.74) is 1.59. The van der Waals surface area contributed by atoms with E-state index < -0.39 is 5.82 Å². The fourth-order valence-corrected chi connectivity index (χ4v) is 3.58. The van der Waals surface area contributed by atoms with Crippen molar-refractivity contribution in [2.45, 2.75) is 10.9 Å². The first-order chi connectivity index (χ1) is 13.2. The molecule has 0 saturated carbocycles. The van der Waals surface area contributed by atoms with Crippen LogP contribution in [0.5, 0.6) is 0 Å². The minimum absolute atomic E-state index is 0.283. The predicted molar refractivity (Wildman–Crippen MR) is 101 cm³/mol. The zero-order chi connectivity index (χ0) is 18.6. The molecule has 0 spiro atoms. The van der Waals surface area contributed by atoms with Crippen molar-refractivity contribution in [3.05, 3.63) is 90.3 Å². The first-order valence-corrected chi connectivity index (χ1v) is 9.19. The van der Waals surface area contributed by atoms with Gasteiger partial charge < -0.3 is 0 Å². The van der Waals surface area contributed by atoms with Crippen LogP contribution in [0.25, 0.3) is 17.1 Å². The molecule has 7 heteroatoms. The van der Waals surface area contributed by atoms with Crippen molar-refractivity contribution in [3.63, 3.8) is 0 Å². The topological polar surface area (TPSA) is 43.6 Å². The van der Waals surface area contributed by atoms with Gasteiger partial charge in [0.2, 0.25) is 0 Å². The SMILES string of the molecule is Fc1ccccc1CSc1nnc(-c2cccnc2)n1-c1ccccc1F. The van der Waals surface area contributed by atoms with Crippen molar-refractivity contribution < 1.29 is 8.78 Å². The van der Waals surface area contributed by atoms with E-state index >= 15 is 0 Å². The molecule has 2 heterocycles. The molecule has 0 radical (unpaired) electrons. The molecule has 0 aliphatic carbocycles. The van der Waals surface area contributed by atoms with Crippen molar-refractivity contribution in [1.29, 1.82) is 0 Å². The highest BCUT2D eigenvalue weighted by Gasteiger charge is 2.19. The van der Waals surface area contributed by atoms with Gasteiger partial charge in [0.15, 0.2) is 11.0 Å². The van der Waals surface area contributed by atoms with Gasteiger partial charge in [-0.1, -0.05) is 42.1 Å². The third-order valence-corrected chi connectivity index (χ3v) is 4.94. The van der Waals surface area contributed by atoms with Gasteiger partial charge in [0, 0.05) is 23.7 Å². The Hall–Kier alpha value is -3.06. The van der Waals surface area contributed by atoms with Crippen molar-refractivity contribution in [1.82, 2.24) is 19.7 Å². The average molecular weight is 380 g/mol. The third-order valence-electron chi connectivity index (χ3n) is 3.96. The predicted octanol–water partition coefficient (Wildman–Crippen LogP) is 4.90. The van der Waals surface area contributed by atoms with Crippen LogP contribution in [0.4, 0.5) is 8.78 Å². The van der Waals surface area contributed by atoms with E-state index in [-0.39, 0.29) is 5.82 Å². The molecule has 0 fully saturated rings. The quantitative estimate of drug-likeness (QED) is 0.462. The highest BCUT2D eigenvalue weighted by molar-refractivity contribution is 7.98. The van der Waals surface area contributed by atoms with Crippen LogP contribution in [0.3, 0.4) is 0 Å². The van der Waals surface area contributed by atoms with E-state index in [1.54, 1.807) is 59.4 Å². The Labute approximate surface area is 158 Å². The number of rotatable bonds is 5. The summed E-state index contributed by atoms with van der Waals surface area (Å²) in [5, 5.41) is 8.92. The van der Waals surface area contributed by atoms with Crippen molar-refractivity contribution in [2.75, 3.05) is 0 Å². The largest absolute Gasteiger partial charge is 0.267 e. The fourth-order valence-electron chi connectivity index (χ4n) is 2.65. The van der Waals surface area contributed by atoms with Gasteiger partial charge in [-0.25, -0.2) is 8.78 Å². The summed E-state index contributed by atoms with van der Waals surface area (Å²) in [4.78, 5) is 4.10.